The van der Waals surface area contributed by atoms with Crippen molar-refractivity contribution in [3.63, 3.8) is 0 Å². The van der Waals surface area contributed by atoms with Gasteiger partial charge in [0, 0.05) is 11.9 Å². The van der Waals surface area contributed by atoms with E-state index in [4.69, 9.17) is 5.73 Å². The van der Waals surface area contributed by atoms with E-state index in [0.717, 1.165) is 28.5 Å². The first-order valence-corrected chi connectivity index (χ1v) is 9.05. The molecule has 0 aliphatic rings. The first-order valence-electron chi connectivity index (χ1n) is 9.05. The Labute approximate surface area is 153 Å². The fourth-order valence-corrected chi connectivity index (χ4v) is 3.49. The van der Waals surface area contributed by atoms with Crippen molar-refractivity contribution in [2.24, 2.45) is 5.92 Å². The minimum absolute atomic E-state index is 0.494. The van der Waals surface area contributed by atoms with Crippen LogP contribution in [0.5, 0.6) is 0 Å². The van der Waals surface area contributed by atoms with Crippen molar-refractivity contribution < 1.29 is 0 Å². The average Bonchev–Trinajstić information content (AvgIpc) is 3.01. The summed E-state index contributed by atoms with van der Waals surface area (Å²) in [7, 11) is 0. The van der Waals surface area contributed by atoms with Gasteiger partial charge in [0.05, 0.1) is 17.4 Å². The van der Waals surface area contributed by atoms with E-state index in [2.05, 4.69) is 78.6 Å². The van der Waals surface area contributed by atoms with Crippen molar-refractivity contribution in [2.75, 3.05) is 5.73 Å². The summed E-state index contributed by atoms with van der Waals surface area (Å²) in [6.07, 6.45) is 1.88. The van der Waals surface area contributed by atoms with E-state index in [1.54, 1.807) is 0 Å². The molecule has 2 aromatic carbocycles. The maximum atomic E-state index is 6.17. The molecule has 0 atom stereocenters. The molecule has 4 rings (SSSR count). The van der Waals surface area contributed by atoms with Crippen LogP contribution < -0.4 is 5.73 Å². The Hall–Kier alpha value is -2.88. The molecule has 2 heterocycles. The highest BCUT2D eigenvalue weighted by Crippen LogP contribution is 2.32. The van der Waals surface area contributed by atoms with Crippen LogP contribution in [-0.2, 0) is 6.54 Å². The average molecular weight is 344 g/mol. The van der Waals surface area contributed by atoms with E-state index in [1.165, 1.54) is 22.3 Å². The van der Waals surface area contributed by atoms with Crippen LogP contribution in [0.4, 0.5) is 5.82 Å². The quantitative estimate of drug-likeness (QED) is 0.562. The second kappa shape index (κ2) is 6.13. The number of pyridine rings is 1. The molecule has 0 spiro atoms. The number of hydrogen-bond acceptors (Lipinski definition) is 3. The molecule has 4 heteroatoms. The molecule has 0 saturated carbocycles. The summed E-state index contributed by atoms with van der Waals surface area (Å²) in [5, 5.41) is 1.10. The van der Waals surface area contributed by atoms with Crippen LogP contribution in [0.2, 0.25) is 0 Å². The van der Waals surface area contributed by atoms with Crippen molar-refractivity contribution in [3.8, 4) is 11.1 Å². The van der Waals surface area contributed by atoms with E-state index < -0.39 is 0 Å². The Balaban J connectivity index is 1.99. The van der Waals surface area contributed by atoms with Gasteiger partial charge < -0.3 is 10.3 Å². The highest BCUT2D eigenvalue weighted by molar-refractivity contribution is 6.07. The summed E-state index contributed by atoms with van der Waals surface area (Å²) in [4.78, 5) is 9.09. The zero-order chi connectivity index (χ0) is 18.4. The summed E-state index contributed by atoms with van der Waals surface area (Å²) in [6, 6.07) is 13.0. The lowest BCUT2D eigenvalue weighted by Gasteiger charge is -2.11. The van der Waals surface area contributed by atoms with Crippen molar-refractivity contribution >= 4 is 27.8 Å². The second-order valence-electron chi connectivity index (χ2n) is 7.52. The van der Waals surface area contributed by atoms with Crippen molar-refractivity contribution in [1.29, 1.82) is 0 Å². The van der Waals surface area contributed by atoms with E-state index in [1.807, 2.05) is 6.33 Å². The SMILES string of the molecule is Cc1ccc(-c2ccc3nc(N)c4ncn(CC(C)C)c4c3c2)cc1C. The number of nitrogens with two attached hydrogens (primary N) is 1. The monoisotopic (exact) mass is 344 g/mol. The molecule has 4 aromatic rings. The number of rotatable bonds is 3. The molecule has 0 saturated heterocycles. The summed E-state index contributed by atoms with van der Waals surface area (Å²) in [6.45, 7) is 9.61. The Bertz CT molecular complexity index is 1120. The van der Waals surface area contributed by atoms with Gasteiger partial charge in [-0.3, -0.25) is 0 Å². The Morgan fingerprint density at radius 2 is 1.73 bits per heavy atom. The first kappa shape index (κ1) is 16.6. The van der Waals surface area contributed by atoms with E-state index in [-0.39, 0.29) is 0 Å². The molecule has 2 N–H and O–H groups in total. The van der Waals surface area contributed by atoms with Gasteiger partial charge in [-0.2, -0.15) is 0 Å². The molecule has 0 bridgehead atoms. The molecule has 2 aromatic heterocycles. The number of nitrogens with zero attached hydrogens (tertiary/aromatic N) is 3. The normalized spacial score (nSPS) is 11.7. The van der Waals surface area contributed by atoms with Gasteiger partial charge in [-0.1, -0.05) is 38.1 Å². The number of benzene rings is 2. The number of nitrogen functional groups attached to an aromatic ring is 1. The molecule has 26 heavy (non-hydrogen) atoms. The van der Waals surface area contributed by atoms with Gasteiger partial charge in [0.2, 0.25) is 0 Å². The third-order valence-corrected chi connectivity index (χ3v) is 4.98. The smallest absolute Gasteiger partial charge is 0.152 e. The number of hydrogen-bond donors (Lipinski definition) is 1. The lowest BCUT2D eigenvalue weighted by molar-refractivity contribution is 0.533. The van der Waals surface area contributed by atoms with Crippen LogP contribution in [0, 0.1) is 19.8 Å². The van der Waals surface area contributed by atoms with Gasteiger partial charge >= 0.3 is 0 Å². The molecule has 132 valence electrons. The fourth-order valence-electron chi connectivity index (χ4n) is 3.49. The Kier molecular flexibility index (Phi) is 3.91. The van der Waals surface area contributed by atoms with Gasteiger partial charge in [-0.25, -0.2) is 9.97 Å². The molecule has 0 aliphatic carbocycles. The number of fused-ring (bicyclic) bond motifs is 3. The highest BCUT2D eigenvalue weighted by atomic mass is 15.1. The third kappa shape index (κ3) is 2.71. The lowest BCUT2D eigenvalue weighted by atomic mass is 9.99. The molecule has 0 unspecified atom stereocenters. The number of aromatic nitrogens is 3. The Morgan fingerprint density at radius 1 is 1.00 bits per heavy atom. The summed E-state index contributed by atoms with van der Waals surface area (Å²) in [5.74, 6) is 1.02. The minimum Gasteiger partial charge on any atom is -0.382 e. The molecule has 4 nitrogen and oxygen atoms in total. The fraction of sp³-hybridized carbons (Fsp3) is 0.273. The standard InChI is InChI=1S/C22H24N4/c1-13(2)11-26-12-24-20-21(26)18-10-17(7-8-19(18)25-22(20)23)16-6-5-14(3)15(4)9-16/h5-10,12-13H,11H2,1-4H3,(H2,23,25). The zero-order valence-corrected chi connectivity index (χ0v) is 15.7. The van der Waals surface area contributed by atoms with Gasteiger partial charge in [-0.15, -0.1) is 0 Å². The van der Waals surface area contributed by atoms with Gasteiger partial charge in [-0.05, 0) is 54.2 Å². The topological polar surface area (TPSA) is 56.7 Å². The predicted octanol–water partition coefficient (Wildman–Crippen LogP) is 5.11. The third-order valence-electron chi connectivity index (χ3n) is 4.98. The van der Waals surface area contributed by atoms with Gasteiger partial charge in [0.15, 0.2) is 5.82 Å². The molecular formula is C22H24N4. The molecule has 0 radical (unpaired) electrons. The molecule has 0 amide bonds. The number of aryl methyl sites for hydroxylation is 2. The first-order chi connectivity index (χ1) is 12.4. The van der Waals surface area contributed by atoms with Crippen LogP contribution in [0.25, 0.3) is 33.1 Å². The van der Waals surface area contributed by atoms with Crippen molar-refractivity contribution in [3.05, 3.63) is 53.9 Å². The van der Waals surface area contributed by atoms with Crippen LogP contribution in [0.1, 0.15) is 25.0 Å². The summed E-state index contributed by atoms with van der Waals surface area (Å²) >= 11 is 0. The largest absolute Gasteiger partial charge is 0.382 e. The maximum Gasteiger partial charge on any atom is 0.152 e. The maximum absolute atomic E-state index is 6.17. The molecule has 0 fully saturated rings. The van der Waals surface area contributed by atoms with Crippen LogP contribution >= 0.6 is 0 Å². The number of imidazole rings is 1. The van der Waals surface area contributed by atoms with Crippen LogP contribution in [-0.4, -0.2) is 14.5 Å². The van der Waals surface area contributed by atoms with Crippen molar-refractivity contribution in [1.82, 2.24) is 14.5 Å². The predicted molar refractivity (Wildman–Crippen MR) is 109 cm³/mol. The van der Waals surface area contributed by atoms with Crippen LogP contribution in [0.15, 0.2) is 42.7 Å². The number of anilines is 1. The van der Waals surface area contributed by atoms with Gasteiger partial charge in [0.1, 0.15) is 5.52 Å². The highest BCUT2D eigenvalue weighted by Gasteiger charge is 2.14. The minimum atomic E-state index is 0.494. The van der Waals surface area contributed by atoms with Crippen molar-refractivity contribution in [2.45, 2.75) is 34.2 Å². The van der Waals surface area contributed by atoms with E-state index in [9.17, 15) is 0 Å². The van der Waals surface area contributed by atoms with Crippen LogP contribution in [0.3, 0.4) is 0 Å². The molecular weight excluding hydrogens is 320 g/mol. The summed E-state index contributed by atoms with van der Waals surface area (Å²) < 4.78 is 2.20. The second-order valence-corrected chi connectivity index (χ2v) is 7.52. The molecule has 0 aliphatic heterocycles. The lowest BCUT2D eigenvalue weighted by Crippen LogP contribution is -2.04. The Morgan fingerprint density at radius 3 is 2.46 bits per heavy atom. The summed E-state index contributed by atoms with van der Waals surface area (Å²) in [5.41, 5.74) is 13.9. The van der Waals surface area contributed by atoms with E-state index in [0.29, 0.717) is 11.7 Å². The van der Waals surface area contributed by atoms with Gasteiger partial charge in [0.25, 0.3) is 0 Å². The van der Waals surface area contributed by atoms with E-state index >= 15 is 0 Å². The zero-order valence-electron chi connectivity index (χ0n) is 15.7.